The lowest BCUT2D eigenvalue weighted by atomic mass is 9.96. The maximum absolute atomic E-state index is 12.8. The second-order valence-electron chi connectivity index (χ2n) is 8.56. The fraction of sp³-hybridized carbons (Fsp3) is 0.667. The van der Waals surface area contributed by atoms with Crippen molar-refractivity contribution in [2.24, 2.45) is 5.41 Å². The molecule has 26 heavy (non-hydrogen) atoms. The number of amides is 1. The second kappa shape index (κ2) is 9.38. The van der Waals surface area contributed by atoms with Crippen LogP contribution in [-0.2, 0) is 4.79 Å². The van der Waals surface area contributed by atoms with Crippen LogP contribution in [0.2, 0.25) is 0 Å². The molecule has 0 atom stereocenters. The smallest absolute Gasteiger partial charge is 0.236 e. The van der Waals surface area contributed by atoms with Gasteiger partial charge in [0.1, 0.15) is 0 Å². The normalized spacial score (nSPS) is 15.6. The highest BCUT2D eigenvalue weighted by Crippen LogP contribution is 2.19. The Kier molecular flexibility index (Phi) is 7.47. The molecule has 1 amide bonds. The van der Waals surface area contributed by atoms with E-state index in [4.69, 9.17) is 5.11 Å². The number of rotatable bonds is 7. The van der Waals surface area contributed by atoms with Crippen LogP contribution in [0.25, 0.3) is 0 Å². The summed E-state index contributed by atoms with van der Waals surface area (Å²) in [5.74, 6) is 0.205. The summed E-state index contributed by atoms with van der Waals surface area (Å²) < 4.78 is 0. The number of anilines is 1. The Morgan fingerprint density at radius 3 is 2.46 bits per heavy atom. The van der Waals surface area contributed by atoms with E-state index < -0.39 is 0 Å². The summed E-state index contributed by atoms with van der Waals surface area (Å²) in [4.78, 5) is 19.3. The van der Waals surface area contributed by atoms with E-state index in [1.165, 1.54) is 11.3 Å². The summed E-state index contributed by atoms with van der Waals surface area (Å²) in [6.07, 6.45) is 0.713. The fourth-order valence-corrected chi connectivity index (χ4v) is 3.51. The van der Waals surface area contributed by atoms with Crippen molar-refractivity contribution in [1.29, 1.82) is 0 Å². The highest BCUT2D eigenvalue weighted by Gasteiger charge is 2.24. The summed E-state index contributed by atoms with van der Waals surface area (Å²) in [7, 11) is 0. The largest absolute Gasteiger partial charge is 0.396 e. The minimum Gasteiger partial charge on any atom is -0.396 e. The number of benzene rings is 1. The Morgan fingerprint density at radius 2 is 1.88 bits per heavy atom. The van der Waals surface area contributed by atoms with Crippen LogP contribution < -0.4 is 4.90 Å². The molecule has 0 spiro atoms. The molecule has 0 radical (unpaired) electrons. The Bertz CT molecular complexity index is 575. The zero-order chi connectivity index (χ0) is 19.2. The van der Waals surface area contributed by atoms with Gasteiger partial charge in [0.25, 0.3) is 0 Å². The van der Waals surface area contributed by atoms with Gasteiger partial charge in [-0.1, -0.05) is 32.9 Å². The van der Waals surface area contributed by atoms with Crippen molar-refractivity contribution in [3.05, 3.63) is 29.8 Å². The molecule has 5 heteroatoms. The molecule has 1 N–H and O–H groups in total. The molecule has 2 rings (SSSR count). The van der Waals surface area contributed by atoms with Crippen molar-refractivity contribution in [3.8, 4) is 0 Å². The third-order valence-electron chi connectivity index (χ3n) is 4.69. The van der Waals surface area contributed by atoms with Crippen LogP contribution in [0, 0.1) is 12.3 Å². The van der Waals surface area contributed by atoms with Gasteiger partial charge in [0.15, 0.2) is 0 Å². The minimum absolute atomic E-state index is 0.138. The maximum Gasteiger partial charge on any atom is 0.236 e. The van der Waals surface area contributed by atoms with Crippen molar-refractivity contribution >= 4 is 11.6 Å². The van der Waals surface area contributed by atoms with Crippen molar-refractivity contribution in [2.45, 2.75) is 34.1 Å². The predicted octanol–water partition coefficient (Wildman–Crippen LogP) is 2.37. The molecule has 146 valence electrons. The average molecular weight is 362 g/mol. The highest BCUT2D eigenvalue weighted by molar-refractivity contribution is 5.78. The van der Waals surface area contributed by atoms with Gasteiger partial charge in [-0.25, -0.2) is 0 Å². The number of hydrogen-bond acceptors (Lipinski definition) is 4. The van der Waals surface area contributed by atoms with Crippen LogP contribution in [0.1, 0.15) is 32.8 Å². The maximum atomic E-state index is 12.8. The van der Waals surface area contributed by atoms with Crippen LogP contribution >= 0.6 is 0 Å². The van der Waals surface area contributed by atoms with E-state index in [9.17, 15) is 4.79 Å². The molecular formula is C21H35N3O2. The lowest BCUT2D eigenvalue weighted by Crippen LogP contribution is -2.52. The zero-order valence-corrected chi connectivity index (χ0v) is 16.9. The number of aliphatic hydroxyl groups excluding tert-OH is 1. The first-order chi connectivity index (χ1) is 12.3. The summed E-state index contributed by atoms with van der Waals surface area (Å²) in [6.45, 7) is 14.2. The van der Waals surface area contributed by atoms with E-state index in [0.29, 0.717) is 13.0 Å². The first-order valence-corrected chi connectivity index (χ1v) is 9.71. The Morgan fingerprint density at radius 1 is 1.19 bits per heavy atom. The molecule has 1 aliphatic rings. The van der Waals surface area contributed by atoms with Gasteiger partial charge < -0.3 is 14.9 Å². The molecule has 1 aromatic carbocycles. The van der Waals surface area contributed by atoms with Crippen LogP contribution in [0.15, 0.2) is 24.3 Å². The average Bonchev–Trinajstić information content (AvgIpc) is 2.58. The van der Waals surface area contributed by atoms with Crippen molar-refractivity contribution in [1.82, 2.24) is 9.80 Å². The monoisotopic (exact) mass is 361 g/mol. The molecule has 0 saturated carbocycles. The molecule has 1 aromatic rings. The summed E-state index contributed by atoms with van der Waals surface area (Å²) in [5.41, 5.74) is 2.65. The number of carbonyl (C=O) groups is 1. The topological polar surface area (TPSA) is 47.0 Å². The molecule has 0 aliphatic carbocycles. The summed E-state index contributed by atoms with van der Waals surface area (Å²) >= 11 is 0. The molecule has 0 bridgehead atoms. The second-order valence-corrected chi connectivity index (χ2v) is 8.56. The Hall–Kier alpha value is -1.59. The molecule has 0 unspecified atom stereocenters. The molecule has 1 heterocycles. The number of carbonyl (C=O) groups excluding carboxylic acids is 1. The van der Waals surface area contributed by atoms with Crippen LogP contribution in [-0.4, -0.2) is 73.2 Å². The van der Waals surface area contributed by atoms with Crippen LogP contribution in [0.5, 0.6) is 0 Å². The SMILES string of the molecule is Cc1cccc(N2CCN(C(=O)CN(CCCO)CC(C)(C)C)CC2)c1. The van der Waals surface area contributed by atoms with Crippen LogP contribution in [0.4, 0.5) is 5.69 Å². The third kappa shape index (κ3) is 6.61. The lowest BCUT2D eigenvalue weighted by molar-refractivity contribution is -0.133. The minimum atomic E-state index is 0.138. The summed E-state index contributed by atoms with van der Waals surface area (Å²) in [5, 5.41) is 9.13. The van der Waals surface area contributed by atoms with Gasteiger partial charge in [-0.3, -0.25) is 9.69 Å². The van der Waals surface area contributed by atoms with E-state index in [2.05, 4.69) is 61.8 Å². The molecular weight excluding hydrogens is 326 g/mol. The van der Waals surface area contributed by atoms with E-state index >= 15 is 0 Å². The number of nitrogens with zero attached hydrogens (tertiary/aromatic N) is 3. The van der Waals surface area contributed by atoms with Gasteiger partial charge in [-0.15, -0.1) is 0 Å². The summed E-state index contributed by atoms with van der Waals surface area (Å²) in [6, 6.07) is 8.55. The Balaban J connectivity index is 1.87. The number of hydrogen-bond donors (Lipinski definition) is 1. The van der Waals surface area contributed by atoms with Crippen molar-refractivity contribution < 1.29 is 9.90 Å². The quantitative estimate of drug-likeness (QED) is 0.810. The number of aliphatic hydroxyl groups is 1. The third-order valence-corrected chi connectivity index (χ3v) is 4.69. The fourth-order valence-electron chi connectivity index (χ4n) is 3.51. The molecule has 1 saturated heterocycles. The molecule has 1 aliphatic heterocycles. The predicted molar refractivity (Wildman–Crippen MR) is 108 cm³/mol. The molecule has 1 fully saturated rings. The standard InChI is InChI=1S/C21H35N3O2/c1-18-7-5-8-19(15-18)23-10-12-24(13-11-23)20(26)16-22(9-6-14-25)17-21(2,3)4/h5,7-8,15,25H,6,9-14,16-17H2,1-4H3. The van der Waals surface area contributed by atoms with Gasteiger partial charge in [-0.2, -0.15) is 0 Å². The van der Waals surface area contributed by atoms with Crippen molar-refractivity contribution in [3.63, 3.8) is 0 Å². The van der Waals surface area contributed by atoms with Crippen LogP contribution in [0.3, 0.4) is 0 Å². The van der Waals surface area contributed by atoms with Gasteiger partial charge in [-0.05, 0) is 36.5 Å². The van der Waals surface area contributed by atoms with Gasteiger partial charge in [0.05, 0.1) is 6.54 Å². The Labute approximate surface area is 158 Å². The lowest BCUT2D eigenvalue weighted by Gasteiger charge is -2.38. The zero-order valence-electron chi connectivity index (χ0n) is 16.9. The van der Waals surface area contributed by atoms with E-state index in [1.807, 2.05) is 4.90 Å². The number of piperazine rings is 1. The highest BCUT2D eigenvalue weighted by atomic mass is 16.3. The number of aryl methyl sites for hydroxylation is 1. The van der Waals surface area contributed by atoms with E-state index in [1.54, 1.807) is 0 Å². The van der Waals surface area contributed by atoms with E-state index in [-0.39, 0.29) is 17.9 Å². The van der Waals surface area contributed by atoms with E-state index in [0.717, 1.165) is 39.3 Å². The first-order valence-electron chi connectivity index (χ1n) is 9.71. The van der Waals surface area contributed by atoms with Gasteiger partial charge in [0.2, 0.25) is 5.91 Å². The molecule has 0 aromatic heterocycles. The van der Waals surface area contributed by atoms with Gasteiger partial charge in [0, 0.05) is 51.6 Å². The first kappa shape index (κ1) is 20.7. The molecule has 5 nitrogen and oxygen atoms in total. The van der Waals surface area contributed by atoms with Crippen molar-refractivity contribution in [2.75, 3.05) is 57.3 Å². The van der Waals surface area contributed by atoms with Gasteiger partial charge >= 0.3 is 0 Å².